The molecule has 0 saturated carbocycles. The summed E-state index contributed by atoms with van der Waals surface area (Å²) in [5, 5.41) is 2.93. The average molecular weight is 289 g/mol. The molecule has 0 radical (unpaired) electrons. The fraction of sp³-hybridized carbons (Fsp3) is 0.333. The van der Waals surface area contributed by atoms with Crippen molar-refractivity contribution >= 4 is 18.1 Å². The Hall–Kier alpha value is -1.88. The lowest BCUT2D eigenvalue weighted by molar-refractivity contribution is 0.0946. The first-order valence-electron chi connectivity index (χ1n) is 6.88. The first-order valence-corrected chi connectivity index (χ1v) is 7.29. The van der Waals surface area contributed by atoms with Crippen molar-refractivity contribution in [2.45, 2.75) is 26.2 Å². The van der Waals surface area contributed by atoms with E-state index in [4.69, 9.17) is 12.2 Å². The van der Waals surface area contributed by atoms with Crippen molar-refractivity contribution in [1.29, 1.82) is 0 Å². The number of nitrogens with one attached hydrogen (secondary N) is 2. The molecule has 5 heteroatoms. The van der Waals surface area contributed by atoms with Gasteiger partial charge < -0.3 is 10.3 Å². The highest BCUT2D eigenvalue weighted by molar-refractivity contribution is 7.71. The van der Waals surface area contributed by atoms with Gasteiger partial charge in [0.25, 0.3) is 5.91 Å². The van der Waals surface area contributed by atoms with Gasteiger partial charge in [-0.05, 0) is 30.8 Å². The van der Waals surface area contributed by atoms with Gasteiger partial charge in [-0.3, -0.25) is 9.36 Å². The molecule has 0 atom stereocenters. The Labute approximate surface area is 123 Å². The fourth-order valence-electron chi connectivity index (χ4n) is 2.04. The number of carbonyl (C=O) groups is 1. The van der Waals surface area contributed by atoms with E-state index in [0.717, 1.165) is 24.9 Å². The van der Waals surface area contributed by atoms with Gasteiger partial charge in [0.05, 0.1) is 0 Å². The van der Waals surface area contributed by atoms with E-state index in [2.05, 4.69) is 17.2 Å². The van der Waals surface area contributed by atoms with Gasteiger partial charge in [-0.25, -0.2) is 0 Å². The van der Waals surface area contributed by atoms with Gasteiger partial charge in [-0.2, -0.15) is 0 Å². The minimum absolute atomic E-state index is 0.0997. The smallest absolute Gasteiger partial charge is 0.269 e. The molecule has 0 aliphatic carbocycles. The number of hydrogen-bond donors (Lipinski definition) is 2. The number of benzene rings is 1. The zero-order chi connectivity index (χ0) is 14.4. The number of imidazole rings is 1. The van der Waals surface area contributed by atoms with Gasteiger partial charge in [0.15, 0.2) is 4.77 Å². The number of nitrogens with zero attached hydrogens (tertiary/aromatic N) is 1. The molecule has 0 bridgehead atoms. The van der Waals surface area contributed by atoms with Crippen LogP contribution >= 0.6 is 12.2 Å². The van der Waals surface area contributed by atoms with Crippen molar-refractivity contribution in [3.05, 3.63) is 47.0 Å². The molecule has 106 valence electrons. The van der Waals surface area contributed by atoms with Gasteiger partial charge in [0, 0.05) is 18.4 Å². The van der Waals surface area contributed by atoms with Crippen LogP contribution in [0.1, 0.15) is 36.7 Å². The molecule has 0 saturated heterocycles. The molecule has 0 spiro atoms. The summed E-state index contributed by atoms with van der Waals surface area (Å²) < 4.78 is 2.28. The molecular weight excluding hydrogens is 270 g/mol. The van der Waals surface area contributed by atoms with Crippen molar-refractivity contribution in [2.75, 3.05) is 6.54 Å². The monoisotopic (exact) mass is 289 g/mol. The number of carbonyl (C=O) groups excluding carboxylic acids is 1. The molecule has 1 aromatic carbocycles. The van der Waals surface area contributed by atoms with Crippen LogP contribution < -0.4 is 5.32 Å². The zero-order valence-electron chi connectivity index (χ0n) is 11.6. The van der Waals surface area contributed by atoms with E-state index < -0.39 is 0 Å². The Bertz CT molecular complexity index is 616. The van der Waals surface area contributed by atoms with Gasteiger partial charge >= 0.3 is 0 Å². The summed E-state index contributed by atoms with van der Waals surface area (Å²) in [5.74, 6) is -0.0997. The molecule has 0 unspecified atom stereocenters. The van der Waals surface area contributed by atoms with Crippen LogP contribution in [0.4, 0.5) is 0 Å². The maximum atomic E-state index is 12.2. The predicted octanol–water partition coefficient (Wildman–Crippen LogP) is 3.45. The van der Waals surface area contributed by atoms with Gasteiger partial charge in [0.1, 0.15) is 5.69 Å². The summed E-state index contributed by atoms with van der Waals surface area (Å²) >= 11 is 5.26. The fourth-order valence-corrected chi connectivity index (χ4v) is 2.30. The van der Waals surface area contributed by atoms with Crippen LogP contribution in [0.3, 0.4) is 0 Å². The first kappa shape index (κ1) is 14.5. The number of para-hydroxylation sites is 1. The van der Waals surface area contributed by atoms with E-state index in [1.54, 1.807) is 10.8 Å². The molecular formula is C15H19N3OS. The number of hydrogen-bond acceptors (Lipinski definition) is 2. The zero-order valence-corrected chi connectivity index (χ0v) is 12.4. The second-order valence-electron chi connectivity index (χ2n) is 4.61. The number of aromatic nitrogens is 2. The van der Waals surface area contributed by atoms with Crippen molar-refractivity contribution in [3.8, 4) is 5.69 Å². The topological polar surface area (TPSA) is 49.8 Å². The molecule has 1 heterocycles. The molecule has 1 aromatic heterocycles. The quantitative estimate of drug-likeness (QED) is 0.632. The van der Waals surface area contributed by atoms with E-state index >= 15 is 0 Å². The lowest BCUT2D eigenvalue weighted by Gasteiger charge is -2.08. The second-order valence-corrected chi connectivity index (χ2v) is 5.00. The number of unbranched alkanes of at least 4 members (excludes halogenated alkanes) is 2. The number of aromatic amines is 1. The third kappa shape index (κ3) is 3.36. The normalized spacial score (nSPS) is 10.4. The third-order valence-corrected chi connectivity index (χ3v) is 3.39. The summed E-state index contributed by atoms with van der Waals surface area (Å²) in [5.41, 5.74) is 1.43. The first-order chi connectivity index (χ1) is 9.74. The summed E-state index contributed by atoms with van der Waals surface area (Å²) in [6, 6.07) is 9.64. The molecule has 0 aliphatic rings. The summed E-state index contributed by atoms with van der Waals surface area (Å²) in [4.78, 5) is 15.2. The Morgan fingerprint density at radius 3 is 2.75 bits per heavy atom. The third-order valence-electron chi connectivity index (χ3n) is 3.09. The van der Waals surface area contributed by atoms with Crippen LogP contribution in [-0.2, 0) is 0 Å². The lowest BCUT2D eigenvalue weighted by atomic mass is 10.2. The summed E-state index contributed by atoms with van der Waals surface area (Å²) in [6.45, 7) is 2.83. The molecule has 4 nitrogen and oxygen atoms in total. The van der Waals surface area contributed by atoms with Crippen molar-refractivity contribution in [3.63, 3.8) is 0 Å². The highest BCUT2D eigenvalue weighted by Gasteiger charge is 2.13. The molecule has 2 N–H and O–H groups in total. The van der Waals surface area contributed by atoms with Crippen molar-refractivity contribution in [2.24, 2.45) is 0 Å². The molecule has 1 amide bonds. The molecule has 0 aliphatic heterocycles. The van der Waals surface area contributed by atoms with E-state index in [-0.39, 0.29) is 5.91 Å². The minimum atomic E-state index is -0.0997. The van der Waals surface area contributed by atoms with Crippen LogP contribution in [0.15, 0.2) is 36.5 Å². The molecule has 20 heavy (non-hydrogen) atoms. The molecule has 0 fully saturated rings. The number of H-pyrrole nitrogens is 1. The highest BCUT2D eigenvalue weighted by Crippen LogP contribution is 2.12. The van der Waals surface area contributed by atoms with Crippen molar-refractivity contribution in [1.82, 2.24) is 14.9 Å². The predicted molar refractivity (Wildman–Crippen MR) is 82.8 cm³/mol. The summed E-state index contributed by atoms with van der Waals surface area (Å²) in [7, 11) is 0. The largest absolute Gasteiger partial charge is 0.351 e. The van der Waals surface area contributed by atoms with Crippen LogP contribution in [0.5, 0.6) is 0 Å². The van der Waals surface area contributed by atoms with Crippen LogP contribution in [0, 0.1) is 4.77 Å². The van der Waals surface area contributed by atoms with E-state index in [9.17, 15) is 4.79 Å². The number of amides is 1. The molecule has 2 rings (SSSR count). The Morgan fingerprint density at radius 2 is 2.05 bits per heavy atom. The second kappa shape index (κ2) is 7.05. The SMILES string of the molecule is CCCCCNC(=O)c1c[nH]c(=S)n1-c1ccccc1. The van der Waals surface area contributed by atoms with Crippen LogP contribution in [0.25, 0.3) is 5.69 Å². The van der Waals surface area contributed by atoms with Gasteiger partial charge in [-0.15, -0.1) is 0 Å². The maximum absolute atomic E-state index is 12.2. The Morgan fingerprint density at radius 1 is 1.30 bits per heavy atom. The average Bonchev–Trinajstić information content (AvgIpc) is 2.86. The van der Waals surface area contributed by atoms with Crippen LogP contribution in [-0.4, -0.2) is 22.0 Å². The van der Waals surface area contributed by atoms with E-state index in [1.807, 2.05) is 30.3 Å². The highest BCUT2D eigenvalue weighted by atomic mass is 32.1. The van der Waals surface area contributed by atoms with E-state index in [0.29, 0.717) is 17.0 Å². The lowest BCUT2D eigenvalue weighted by Crippen LogP contribution is -2.26. The Kier molecular flexibility index (Phi) is 5.12. The summed E-state index contributed by atoms with van der Waals surface area (Å²) in [6.07, 6.45) is 4.92. The maximum Gasteiger partial charge on any atom is 0.269 e. The minimum Gasteiger partial charge on any atom is -0.351 e. The van der Waals surface area contributed by atoms with E-state index in [1.165, 1.54) is 0 Å². The Balaban J connectivity index is 2.17. The van der Waals surface area contributed by atoms with Crippen LogP contribution in [0.2, 0.25) is 0 Å². The molecule has 2 aromatic rings. The van der Waals surface area contributed by atoms with Gasteiger partial charge in [-0.1, -0.05) is 38.0 Å². The van der Waals surface area contributed by atoms with Gasteiger partial charge in [0.2, 0.25) is 0 Å². The standard InChI is InChI=1S/C15H19N3OS/c1-2-3-7-10-16-14(19)13-11-17-15(20)18(13)12-8-5-4-6-9-12/h4-6,8-9,11H,2-3,7,10H2,1H3,(H,16,19)(H,17,20). The number of rotatable bonds is 6. The van der Waals surface area contributed by atoms with Crippen molar-refractivity contribution < 1.29 is 4.79 Å².